The highest BCUT2D eigenvalue weighted by Crippen LogP contribution is 2.27. The van der Waals surface area contributed by atoms with E-state index < -0.39 is 16.1 Å². The summed E-state index contributed by atoms with van der Waals surface area (Å²) in [7, 11) is -3.73. The molecule has 1 unspecified atom stereocenters. The average Bonchev–Trinajstić information content (AvgIpc) is 3.10. The Hall–Kier alpha value is -2.25. The lowest BCUT2D eigenvalue weighted by atomic mass is 10.1. The molecular weight excluding hydrogens is 338 g/mol. The third kappa shape index (κ3) is 3.43. The number of rotatable bonds is 4. The minimum Gasteiger partial charge on any atom is -0.324 e. The summed E-state index contributed by atoms with van der Waals surface area (Å²) >= 11 is 0. The molecule has 0 radical (unpaired) electrons. The Kier molecular flexibility index (Phi) is 4.87. The Balaban J connectivity index is 1.84. The van der Waals surface area contributed by atoms with Crippen LogP contribution >= 0.6 is 0 Å². The van der Waals surface area contributed by atoms with Crippen molar-refractivity contribution in [2.45, 2.75) is 37.6 Å². The highest BCUT2D eigenvalue weighted by atomic mass is 32.2. The number of nitrogens with zero attached hydrogens (tertiary/aromatic N) is 2. The van der Waals surface area contributed by atoms with Crippen LogP contribution in [0.4, 0.5) is 5.69 Å². The van der Waals surface area contributed by atoms with Crippen molar-refractivity contribution in [3.63, 3.8) is 0 Å². The van der Waals surface area contributed by atoms with Gasteiger partial charge in [-0.3, -0.25) is 9.78 Å². The molecule has 3 rings (SSSR count). The summed E-state index contributed by atoms with van der Waals surface area (Å²) in [5, 5.41) is 2.89. The molecule has 132 valence electrons. The second-order valence-corrected chi connectivity index (χ2v) is 8.09. The Morgan fingerprint density at radius 3 is 2.76 bits per heavy atom. The van der Waals surface area contributed by atoms with E-state index in [0.717, 1.165) is 16.8 Å². The normalized spacial score (nSPS) is 18.2. The van der Waals surface area contributed by atoms with Crippen molar-refractivity contribution in [2.75, 3.05) is 11.9 Å². The maximum atomic E-state index is 12.8. The molecule has 2 heterocycles. The van der Waals surface area contributed by atoms with Crippen LogP contribution in [0.2, 0.25) is 0 Å². The van der Waals surface area contributed by atoms with Crippen LogP contribution in [0.15, 0.2) is 47.6 Å². The van der Waals surface area contributed by atoms with Gasteiger partial charge in [0.15, 0.2) is 0 Å². The van der Waals surface area contributed by atoms with Crippen molar-refractivity contribution >= 4 is 21.6 Å². The highest BCUT2D eigenvalue weighted by molar-refractivity contribution is 7.89. The fourth-order valence-electron chi connectivity index (χ4n) is 3.03. The molecule has 6 nitrogen and oxygen atoms in total. The predicted octanol–water partition coefficient (Wildman–Crippen LogP) is 2.49. The molecular formula is C18H21N3O3S. The predicted molar refractivity (Wildman–Crippen MR) is 95.7 cm³/mol. The van der Waals surface area contributed by atoms with E-state index in [0.29, 0.717) is 19.4 Å². The van der Waals surface area contributed by atoms with Gasteiger partial charge < -0.3 is 5.32 Å². The zero-order chi connectivity index (χ0) is 18.0. The van der Waals surface area contributed by atoms with Gasteiger partial charge in [0.1, 0.15) is 10.9 Å². The van der Waals surface area contributed by atoms with E-state index in [1.54, 1.807) is 6.07 Å². The zero-order valence-corrected chi connectivity index (χ0v) is 15.1. The number of carbonyl (C=O) groups excluding carboxylic acids is 1. The number of aryl methyl sites for hydroxylation is 1. The summed E-state index contributed by atoms with van der Waals surface area (Å²) < 4.78 is 26.9. The molecule has 0 saturated carbocycles. The van der Waals surface area contributed by atoms with E-state index >= 15 is 0 Å². The first-order valence-corrected chi connectivity index (χ1v) is 9.64. The summed E-state index contributed by atoms with van der Waals surface area (Å²) in [6, 6.07) is 8.05. The van der Waals surface area contributed by atoms with Crippen LogP contribution in [0.25, 0.3) is 0 Å². The SMILES string of the molecule is Cc1cccc(NC(=O)C2CCCN2S(=O)(=O)c2cccnc2)c1C. The highest BCUT2D eigenvalue weighted by Gasteiger charge is 2.39. The quantitative estimate of drug-likeness (QED) is 0.910. The molecule has 1 N–H and O–H groups in total. The maximum Gasteiger partial charge on any atom is 0.245 e. The van der Waals surface area contributed by atoms with Gasteiger partial charge in [0.25, 0.3) is 0 Å². The second kappa shape index (κ2) is 6.93. The van der Waals surface area contributed by atoms with Gasteiger partial charge in [-0.2, -0.15) is 4.31 Å². The second-order valence-electron chi connectivity index (χ2n) is 6.20. The minimum atomic E-state index is -3.73. The third-order valence-electron chi connectivity index (χ3n) is 4.61. The fourth-order valence-corrected chi connectivity index (χ4v) is 4.65. The topological polar surface area (TPSA) is 79.4 Å². The van der Waals surface area contributed by atoms with E-state index in [-0.39, 0.29) is 10.8 Å². The van der Waals surface area contributed by atoms with E-state index in [1.807, 2.05) is 32.0 Å². The van der Waals surface area contributed by atoms with Gasteiger partial charge in [0.2, 0.25) is 15.9 Å². The molecule has 1 aliphatic heterocycles. The van der Waals surface area contributed by atoms with Crippen LogP contribution < -0.4 is 5.32 Å². The lowest BCUT2D eigenvalue weighted by Gasteiger charge is -2.23. The van der Waals surface area contributed by atoms with Crippen LogP contribution in [0.1, 0.15) is 24.0 Å². The summed E-state index contributed by atoms with van der Waals surface area (Å²) in [5.74, 6) is -0.293. The van der Waals surface area contributed by atoms with Gasteiger partial charge >= 0.3 is 0 Å². The van der Waals surface area contributed by atoms with E-state index in [2.05, 4.69) is 10.3 Å². The number of nitrogens with one attached hydrogen (secondary N) is 1. The molecule has 2 aromatic rings. The van der Waals surface area contributed by atoms with Gasteiger partial charge in [-0.15, -0.1) is 0 Å². The number of sulfonamides is 1. The Morgan fingerprint density at radius 1 is 1.24 bits per heavy atom. The van der Waals surface area contributed by atoms with Crippen LogP contribution in [0.5, 0.6) is 0 Å². The van der Waals surface area contributed by atoms with Gasteiger partial charge in [0.05, 0.1) is 0 Å². The van der Waals surface area contributed by atoms with Gasteiger partial charge in [-0.05, 0) is 56.0 Å². The standard InChI is InChI=1S/C18H21N3O3S/c1-13-6-3-8-16(14(13)2)20-18(22)17-9-5-11-21(17)25(23,24)15-7-4-10-19-12-15/h3-4,6-8,10,12,17H,5,9,11H2,1-2H3,(H,20,22). The Labute approximate surface area is 147 Å². The van der Waals surface area contributed by atoms with E-state index in [1.165, 1.54) is 22.8 Å². The number of benzene rings is 1. The Bertz CT molecular complexity index is 882. The van der Waals surface area contributed by atoms with Crippen molar-refractivity contribution < 1.29 is 13.2 Å². The lowest BCUT2D eigenvalue weighted by molar-refractivity contribution is -0.119. The summed E-state index contributed by atoms with van der Waals surface area (Å²) in [6.45, 7) is 4.24. The molecule has 1 aromatic carbocycles. The molecule has 1 saturated heterocycles. The first kappa shape index (κ1) is 17.6. The number of hydrogen-bond acceptors (Lipinski definition) is 4. The molecule has 1 fully saturated rings. The number of hydrogen-bond donors (Lipinski definition) is 1. The number of anilines is 1. The molecule has 0 aliphatic carbocycles. The minimum absolute atomic E-state index is 0.112. The molecule has 1 aromatic heterocycles. The van der Waals surface area contributed by atoms with Crippen LogP contribution in [0.3, 0.4) is 0 Å². The Morgan fingerprint density at radius 2 is 2.04 bits per heavy atom. The maximum absolute atomic E-state index is 12.8. The van der Waals surface area contributed by atoms with Gasteiger partial charge in [-0.1, -0.05) is 12.1 Å². The van der Waals surface area contributed by atoms with Crippen LogP contribution in [-0.4, -0.2) is 36.2 Å². The average molecular weight is 359 g/mol. The number of amides is 1. The molecule has 0 spiro atoms. The zero-order valence-electron chi connectivity index (χ0n) is 14.3. The van der Waals surface area contributed by atoms with Gasteiger partial charge in [0, 0.05) is 24.6 Å². The number of pyridine rings is 1. The molecule has 0 bridgehead atoms. The van der Waals surface area contributed by atoms with Crippen LogP contribution in [0, 0.1) is 13.8 Å². The molecule has 25 heavy (non-hydrogen) atoms. The number of carbonyl (C=O) groups is 1. The molecule has 1 aliphatic rings. The molecule has 1 atom stereocenters. The van der Waals surface area contributed by atoms with Crippen molar-refractivity contribution in [3.05, 3.63) is 53.9 Å². The first-order valence-electron chi connectivity index (χ1n) is 8.20. The smallest absolute Gasteiger partial charge is 0.245 e. The fraction of sp³-hybridized carbons (Fsp3) is 0.333. The first-order chi connectivity index (χ1) is 11.9. The summed E-state index contributed by atoms with van der Waals surface area (Å²) in [5.41, 5.74) is 2.77. The summed E-state index contributed by atoms with van der Waals surface area (Å²) in [6.07, 6.45) is 4.00. The number of aromatic nitrogens is 1. The summed E-state index contributed by atoms with van der Waals surface area (Å²) in [4.78, 5) is 16.7. The third-order valence-corrected chi connectivity index (χ3v) is 6.50. The molecule has 1 amide bonds. The van der Waals surface area contributed by atoms with Crippen molar-refractivity contribution in [2.24, 2.45) is 0 Å². The largest absolute Gasteiger partial charge is 0.324 e. The van der Waals surface area contributed by atoms with Crippen molar-refractivity contribution in [3.8, 4) is 0 Å². The van der Waals surface area contributed by atoms with Gasteiger partial charge in [-0.25, -0.2) is 8.42 Å². The monoisotopic (exact) mass is 359 g/mol. The molecule has 7 heteroatoms. The van der Waals surface area contributed by atoms with E-state index in [9.17, 15) is 13.2 Å². The van der Waals surface area contributed by atoms with Crippen molar-refractivity contribution in [1.82, 2.24) is 9.29 Å². The van der Waals surface area contributed by atoms with Crippen LogP contribution in [-0.2, 0) is 14.8 Å². The van der Waals surface area contributed by atoms with E-state index in [4.69, 9.17) is 0 Å². The van der Waals surface area contributed by atoms with Crippen molar-refractivity contribution in [1.29, 1.82) is 0 Å². The lowest BCUT2D eigenvalue weighted by Crippen LogP contribution is -2.43.